The van der Waals surface area contributed by atoms with Crippen molar-refractivity contribution >= 4 is 44.4 Å². The average molecular weight is 380 g/mol. The highest BCUT2D eigenvalue weighted by atomic mass is 35.5. The van der Waals surface area contributed by atoms with Gasteiger partial charge in [-0.15, -0.1) is 0 Å². The summed E-state index contributed by atoms with van der Waals surface area (Å²) in [6, 6.07) is 10.1. The standard InChI is InChI=1S/C14H10ClN5O2S2/c1-9-13(7-17)14(20-23-9)24(21,22)8-12(6-16)19-18-11-4-2-10(15)3-5-11/h2-5,18H,8H2,1H3/b19-12-. The van der Waals surface area contributed by atoms with Crippen molar-refractivity contribution in [2.75, 3.05) is 11.2 Å². The van der Waals surface area contributed by atoms with Crippen molar-refractivity contribution in [3.63, 3.8) is 0 Å². The molecule has 2 rings (SSSR count). The number of hydrazone groups is 1. The third kappa shape index (κ3) is 4.09. The van der Waals surface area contributed by atoms with Crippen LogP contribution in [0.2, 0.25) is 5.02 Å². The molecule has 0 amide bonds. The number of nitriles is 2. The van der Waals surface area contributed by atoms with Crippen LogP contribution in [0.25, 0.3) is 0 Å². The first-order chi connectivity index (χ1) is 11.4. The van der Waals surface area contributed by atoms with E-state index < -0.39 is 15.6 Å². The van der Waals surface area contributed by atoms with E-state index in [0.717, 1.165) is 11.5 Å². The molecule has 2 aromatic rings. The summed E-state index contributed by atoms with van der Waals surface area (Å²) in [4.78, 5) is 0.505. The van der Waals surface area contributed by atoms with Gasteiger partial charge < -0.3 is 0 Å². The second-order valence-electron chi connectivity index (χ2n) is 4.58. The predicted molar refractivity (Wildman–Crippen MR) is 91.7 cm³/mol. The van der Waals surface area contributed by atoms with Crippen LogP contribution >= 0.6 is 23.1 Å². The van der Waals surface area contributed by atoms with Crippen molar-refractivity contribution in [1.29, 1.82) is 10.5 Å². The molecular weight excluding hydrogens is 370 g/mol. The monoisotopic (exact) mass is 379 g/mol. The summed E-state index contributed by atoms with van der Waals surface area (Å²) in [6.45, 7) is 1.61. The molecule has 0 bridgehead atoms. The van der Waals surface area contributed by atoms with Gasteiger partial charge in [0, 0.05) is 9.90 Å². The Balaban J connectivity index is 2.23. The van der Waals surface area contributed by atoms with Gasteiger partial charge in [0.2, 0.25) is 9.84 Å². The molecule has 1 N–H and O–H groups in total. The summed E-state index contributed by atoms with van der Waals surface area (Å²) < 4.78 is 28.5. The van der Waals surface area contributed by atoms with Gasteiger partial charge in [0.05, 0.1) is 5.69 Å². The van der Waals surface area contributed by atoms with Gasteiger partial charge in [-0.05, 0) is 42.7 Å². The number of nitrogens with zero attached hydrogens (tertiary/aromatic N) is 4. The number of sulfone groups is 1. The third-order valence-corrected chi connectivity index (χ3v) is 5.52. The van der Waals surface area contributed by atoms with E-state index in [2.05, 4.69) is 14.9 Å². The Morgan fingerprint density at radius 3 is 2.62 bits per heavy atom. The Labute approximate surface area is 147 Å². The van der Waals surface area contributed by atoms with Crippen LogP contribution in [-0.4, -0.2) is 24.3 Å². The van der Waals surface area contributed by atoms with Crippen LogP contribution in [0.3, 0.4) is 0 Å². The smallest absolute Gasteiger partial charge is 0.204 e. The van der Waals surface area contributed by atoms with E-state index in [1.807, 2.05) is 6.07 Å². The van der Waals surface area contributed by atoms with Crippen molar-refractivity contribution < 1.29 is 8.42 Å². The van der Waals surface area contributed by atoms with Crippen LogP contribution in [0, 0.1) is 29.6 Å². The van der Waals surface area contributed by atoms with Gasteiger partial charge in [-0.2, -0.15) is 20.0 Å². The highest BCUT2D eigenvalue weighted by Crippen LogP contribution is 2.22. The molecule has 0 fully saturated rings. The molecule has 0 unspecified atom stereocenters. The fraction of sp³-hybridized carbons (Fsp3) is 0.143. The van der Waals surface area contributed by atoms with Gasteiger partial charge in [-0.3, -0.25) is 5.43 Å². The number of aromatic nitrogens is 1. The number of halogens is 1. The minimum Gasteiger partial charge on any atom is -0.278 e. The van der Waals surface area contributed by atoms with Crippen LogP contribution in [0.15, 0.2) is 34.4 Å². The lowest BCUT2D eigenvalue weighted by molar-refractivity contribution is 0.597. The van der Waals surface area contributed by atoms with Crippen molar-refractivity contribution in [3.8, 4) is 12.1 Å². The van der Waals surface area contributed by atoms with E-state index in [1.165, 1.54) is 0 Å². The molecule has 0 aliphatic carbocycles. The van der Waals surface area contributed by atoms with Gasteiger partial charge in [0.15, 0.2) is 10.7 Å². The molecule has 0 aliphatic heterocycles. The molecule has 1 aromatic heterocycles. The maximum absolute atomic E-state index is 12.4. The van der Waals surface area contributed by atoms with Crippen molar-refractivity contribution in [3.05, 3.63) is 39.7 Å². The van der Waals surface area contributed by atoms with E-state index in [-0.39, 0.29) is 16.3 Å². The van der Waals surface area contributed by atoms with E-state index in [4.69, 9.17) is 22.1 Å². The third-order valence-electron chi connectivity index (χ3n) is 2.86. The predicted octanol–water partition coefficient (Wildman–Crippen LogP) is 2.74. The number of anilines is 1. The molecular formula is C14H10ClN5O2S2. The Bertz CT molecular complexity index is 966. The topological polar surface area (TPSA) is 119 Å². The Morgan fingerprint density at radius 1 is 1.38 bits per heavy atom. The molecule has 0 spiro atoms. The number of benzene rings is 1. The summed E-state index contributed by atoms with van der Waals surface area (Å²) in [6.07, 6.45) is 0. The number of hydrogen-bond acceptors (Lipinski definition) is 8. The lowest BCUT2D eigenvalue weighted by atomic mass is 10.3. The first kappa shape index (κ1) is 17.9. The fourth-order valence-corrected chi connectivity index (χ4v) is 4.12. The van der Waals surface area contributed by atoms with E-state index >= 15 is 0 Å². The van der Waals surface area contributed by atoms with Crippen LogP contribution in [-0.2, 0) is 9.84 Å². The van der Waals surface area contributed by atoms with E-state index in [9.17, 15) is 8.42 Å². The summed E-state index contributed by atoms with van der Waals surface area (Å²) in [5, 5.41) is 22.2. The maximum atomic E-state index is 12.4. The molecule has 0 radical (unpaired) electrons. The van der Waals surface area contributed by atoms with Gasteiger partial charge in [-0.25, -0.2) is 8.42 Å². The molecule has 7 nitrogen and oxygen atoms in total. The van der Waals surface area contributed by atoms with Gasteiger partial charge >= 0.3 is 0 Å². The summed E-state index contributed by atoms with van der Waals surface area (Å²) in [7, 11) is -3.94. The van der Waals surface area contributed by atoms with Crippen LogP contribution in [0.4, 0.5) is 5.69 Å². The SMILES string of the molecule is Cc1snc(S(=O)(=O)C/C(C#N)=N\Nc2ccc(Cl)cc2)c1C#N. The quantitative estimate of drug-likeness (QED) is 0.630. The van der Waals surface area contributed by atoms with Crippen LogP contribution in [0.1, 0.15) is 10.4 Å². The van der Waals surface area contributed by atoms with Gasteiger partial charge in [0.1, 0.15) is 23.5 Å². The summed E-state index contributed by atoms with van der Waals surface area (Å²) in [5.41, 5.74) is 2.89. The Hall–Kier alpha value is -2.46. The summed E-state index contributed by atoms with van der Waals surface area (Å²) >= 11 is 6.69. The number of hydrogen-bond donors (Lipinski definition) is 1. The zero-order valence-electron chi connectivity index (χ0n) is 12.3. The number of rotatable bonds is 5. The molecule has 1 aromatic carbocycles. The van der Waals surface area contributed by atoms with Crippen molar-refractivity contribution in [2.24, 2.45) is 5.10 Å². The second-order valence-corrected chi connectivity index (χ2v) is 7.90. The minimum atomic E-state index is -3.94. The highest BCUT2D eigenvalue weighted by molar-refractivity contribution is 7.92. The highest BCUT2D eigenvalue weighted by Gasteiger charge is 2.26. The van der Waals surface area contributed by atoms with Crippen molar-refractivity contribution in [1.82, 2.24) is 4.37 Å². The fourth-order valence-electron chi connectivity index (χ4n) is 1.68. The molecule has 10 heteroatoms. The number of aryl methyl sites for hydroxylation is 1. The molecule has 1 heterocycles. The molecule has 0 saturated heterocycles. The lowest BCUT2D eigenvalue weighted by Gasteiger charge is -2.03. The lowest BCUT2D eigenvalue weighted by Crippen LogP contribution is -2.17. The number of nitrogens with one attached hydrogen (secondary N) is 1. The maximum Gasteiger partial charge on any atom is 0.204 e. The molecule has 24 heavy (non-hydrogen) atoms. The van der Waals surface area contributed by atoms with Crippen LogP contribution in [0.5, 0.6) is 0 Å². The molecule has 122 valence electrons. The van der Waals surface area contributed by atoms with Gasteiger partial charge in [0.25, 0.3) is 0 Å². The first-order valence-corrected chi connectivity index (χ1v) is 9.25. The van der Waals surface area contributed by atoms with E-state index in [0.29, 0.717) is 15.6 Å². The van der Waals surface area contributed by atoms with Crippen LogP contribution < -0.4 is 5.43 Å². The normalized spacial score (nSPS) is 11.6. The molecule has 0 atom stereocenters. The Morgan fingerprint density at radius 2 is 2.04 bits per heavy atom. The zero-order valence-corrected chi connectivity index (χ0v) is 14.7. The van der Waals surface area contributed by atoms with E-state index in [1.54, 1.807) is 37.3 Å². The zero-order chi connectivity index (χ0) is 17.7. The second kappa shape index (κ2) is 7.41. The molecule has 0 aliphatic rings. The first-order valence-electron chi connectivity index (χ1n) is 6.44. The Kier molecular flexibility index (Phi) is 5.52. The van der Waals surface area contributed by atoms with Gasteiger partial charge in [-0.1, -0.05) is 11.6 Å². The molecule has 0 saturated carbocycles. The minimum absolute atomic E-state index is 0.00273. The summed E-state index contributed by atoms with van der Waals surface area (Å²) in [5.74, 6) is -0.651. The largest absolute Gasteiger partial charge is 0.278 e. The van der Waals surface area contributed by atoms with Crippen molar-refractivity contribution in [2.45, 2.75) is 11.9 Å². The average Bonchev–Trinajstić information content (AvgIpc) is 2.94.